The highest BCUT2D eigenvalue weighted by molar-refractivity contribution is 7.43. The van der Waals surface area contributed by atoms with Crippen LogP contribution >= 0.6 is 7.82 Å². The molecule has 0 amide bonds. The molecule has 0 bridgehead atoms. The van der Waals surface area contributed by atoms with Crippen LogP contribution in [0.2, 0.25) is 0 Å². The van der Waals surface area contributed by atoms with Gasteiger partial charge in [-0.15, -0.1) is 0 Å². The second-order valence-electron chi connectivity index (χ2n) is 1.45. The van der Waals surface area contributed by atoms with E-state index in [9.17, 15) is 0 Å². The molecule has 0 fully saturated rings. The van der Waals surface area contributed by atoms with Crippen LogP contribution < -0.4 is 10.2 Å². The van der Waals surface area contributed by atoms with Crippen molar-refractivity contribution >= 4 is 7.82 Å². The summed E-state index contributed by atoms with van der Waals surface area (Å²) in [6, 6.07) is 0. The summed E-state index contributed by atoms with van der Waals surface area (Å²) in [5.74, 6) is 0. The van der Waals surface area contributed by atoms with E-state index in [0.29, 0.717) is 0 Å². The normalized spacial score (nSPS) is 10.1. The lowest BCUT2D eigenvalue weighted by Gasteiger charge is -2.01. The second kappa shape index (κ2) is 7.18. The van der Waals surface area contributed by atoms with Gasteiger partial charge in [-0.05, 0) is 13.1 Å². The molecular weight excluding hydrogens is 157 g/mol. The molecule has 0 aliphatic heterocycles. The van der Waals surface area contributed by atoms with Gasteiger partial charge in [-0.25, -0.2) is 0 Å². The Morgan fingerprint density at radius 2 is 1.60 bits per heavy atom. The van der Waals surface area contributed by atoms with Crippen molar-refractivity contribution in [2.24, 2.45) is 0 Å². The highest BCUT2D eigenvalue weighted by Crippen LogP contribution is 2.18. The fraction of sp³-hybridized carbons (Fsp3) is 1.00. The molecule has 0 aromatic carbocycles. The molecule has 10 heavy (non-hydrogen) atoms. The lowest BCUT2D eigenvalue weighted by atomic mass is 10.7. The van der Waals surface area contributed by atoms with E-state index in [1.165, 1.54) is 0 Å². The van der Waals surface area contributed by atoms with Crippen LogP contribution in [0.5, 0.6) is 0 Å². The third-order valence-electron chi connectivity index (χ3n) is 0.500. The molecule has 3 N–H and O–H groups in total. The number of hydrogen-bond acceptors (Lipinski definition) is 3. The molecule has 0 saturated carbocycles. The first-order valence-electron chi connectivity index (χ1n) is 2.89. The Labute approximate surface area is 60.3 Å². The average Bonchev–Trinajstić information content (AvgIpc) is 1.63. The topological polar surface area (TPSA) is 92.6 Å². The van der Waals surface area contributed by atoms with Crippen molar-refractivity contribution in [2.45, 2.75) is 13.8 Å². The smallest absolute Gasteiger partial charge is 0.262 e. The van der Waals surface area contributed by atoms with Gasteiger partial charge in [-0.2, -0.15) is 0 Å². The van der Waals surface area contributed by atoms with Crippen molar-refractivity contribution in [3.63, 3.8) is 0 Å². The Kier molecular flexibility index (Phi) is 9.13. The summed E-state index contributed by atoms with van der Waals surface area (Å²) in [6.45, 7) is 6.39. The van der Waals surface area contributed by atoms with Crippen molar-refractivity contribution in [1.82, 2.24) is 5.32 Å². The SMILES string of the molecule is CCNCC.O=P([O-])(O)O. The van der Waals surface area contributed by atoms with Gasteiger partial charge < -0.3 is 20.0 Å². The molecule has 0 aromatic rings. The maximum Gasteiger partial charge on any atom is 0.262 e. The maximum atomic E-state index is 8.77. The molecule has 64 valence electrons. The highest BCUT2D eigenvalue weighted by atomic mass is 31.2. The van der Waals surface area contributed by atoms with Crippen LogP contribution in [0, 0.1) is 0 Å². The fourth-order valence-corrected chi connectivity index (χ4v) is 0.250. The minimum absolute atomic E-state index is 1.09. The fourth-order valence-electron chi connectivity index (χ4n) is 0.250. The monoisotopic (exact) mass is 170 g/mol. The minimum atomic E-state index is -4.89. The Hall–Kier alpha value is 0.0700. The van der Waals surface area contributed by atoms with Crippen LogP contribution in [-0.2, 0) is 4.57 Å². The Morgan fingerprint density at radius 3 is 1.60 bits per heavy atom. The van der Waals surface area contributed by atoms with E-state index in [-0.39, 0.29) is 0 Å². The molecule has 0 heterocycles. The van der Waals surface area contributed by atoms with E-state index < -0.39 is 7.82 Å². The summed E-state index contributed by atoms with van der Waals surface area (Å²) in [4.78, 5) is 22.9. The van der Waals surface area contributed by atoms with Gasteiger partial charge in [-0.3, -0.25) is 4.57 Å². The first-order chi connectivity index (χ1) is 4.41. The predicted octanol–water partition coefficient (Wildman–Crippen LogP) is -0.945. The summed E-state index contributed by atoms with van der Waals surface area (Å²) < 4.78 is 8.77. The van der Waals surface area contributed by atoms with E-state index >= 15 is 0 Å². The van der Waals surface area contributed by atoms with Gasteiger partial charge in [0.2, 0.25) is 0 Å². The van der Waals surface area contributed by atoms with Crippen LogP contribution in [0.3, 0.4) is 0 Å². The van der Waals surface area contributed by atoms with Crippen molar-refractivity contribution in [2.75, 3.05) is 13.1 Å². The molecule has 0 rings (SSSR count). The van der Waals surface area contributed by atoms with Crippen LogP contribution in [-0.4, -0.2) is 22.9 Å². The lowest BCUT2D eigenvalue weighted by Crippen LogP contribution is -2.09. The van der Waals surface area contributed by atoms with E-state index in [0.717, 1.165) is 13.1 Å². The molecule has 0 radical (unpaired) electrons. The molecule has 0 saturated heterocycles. The van der Waals surface area contributed by atoms with Gasteiger partial charge in [0.05, 0.1) is 0 Å². The van der Waals surface area contributed by atoms with Crippen LogP contribution in [0.25, 0.3) is 0 Å². The summed E-state index contributed by atoms with van der Waals surface area (Å²) in [6.07, 6.45) is 0. The molecule has 6 heteroatoms. The van der Waals surface area contributed by atoms with Crippen molar-refractivity contribution in [3.8, 4) is 0 Å². The van der Waals surface area contributed by atoms with Gasteiger partial charge in [0.25, 0.3) is 7.82 Å². The molecule has 0 atom stereocenters. The van der Waals surface area contributed by atoms with E-state index in [1.807, 2.05) is 0 Å². The van der Waals surface area contributed by atoms with Crippen LogP contribution in [0.15, 0.2) is 0 Å². The third-order valence-corrected chi connectivity index (χ3v) is 0.500. The van der Waals surface area contributed by atoms with Gasteiger partial charge in [0.15, 0.2) is 0 Å². The summed E-state index contributed by atoms with van der Waals surface area (Å²) in [5, 5.41) is 3.11. The van der Waals surface area contributed by atoms with Crippen molar-refractivity contribution in [1.29, 1.82) is 0 Å². The maximum absolute atomic E-state index is 8.77. The summed E-state index contributed by atoms with van der Waals surface area (Å²) in [5.41, 5.74) is 0. The zero-order chi connectivity index (χ0) is 8.62. The van der Waals surface area contributed by atoms with Crippen molar-refractivity contribution in [3.05, 3.63) is 0 Å². The number of hydrogen-bond donors (Lipinski definition) is 3. The Morgan fingerprint density at radius 1 is 1.40 bits per heavy atom. The molecule has 0 aromatic heterocycles. The van der Waals surface area contributed by atoms with Gasteiger partial charge in [0, 0.05) is 0 Å². The first kappa shape index (κ1) is 12.7. The van der Waals surface area contributed by atoms with Crippen LogP contribution in [0.4, 0.5) is 0 Å². The average molecular weight is 170 g/mol. The second-order valence-corrected chi connectivity index (χ2v) is 2.43. The molecule has 0 spiro atoms. The lowest BCUT2D eigenvalue weighted by molar-refractivity contribution is -0.214. The minimum Gasteiger partial charge on any atom is -0.756 e. The van der Waals surface area contributed by atoms with Gasteiger partial charge in [-0.1, -0.05) is 13.8 Å². The first-order valence-corrected chi connectivity index (χ1v) is 4.42. The zero-order valence-electron chi connectivity index (χ0n) is 6.07. The summed E-state index contributed by atoms with van der Waals surface area (Å²) in [7, 11) is -4.89. The quantitative estimate of drug-likeness (QED) is 0.465. The molecule has 0 unspecified atom stereocenters. The zero-order valence-corrected chi connectivity index (χ0v) is 6.97. The molecule has 5 nitrogen and oxygen atoms in total. The Bertz CT molecular complexity index is 91.2. The Balaban J connectivity index is 0. The van der Waals surface area contributed by atoms with E-state index in [2.05, 4.69) is 19.2 Å². The van der Waals surface area contributed by atoms with E-state index in [4.69, 9.17) is 19.2 Å². The van der Waals surface area contributed by atoms with E-state index in [1.54, 1.807) is 0 Å². The molecule has 0 aliphatic rings. The highest BCUT2D eigenvalue weighted by Gasteiger charge is 1.82. The van der Waals surface area contributed by atoms with Crippen LogP contribution in [0.1, 0.15) is 13.8 Å². The summed E-state index contributed by atoms with van der Waals surface area (Å²) >= 11 is 0. The van der Waals surface area contributed by atoms with Gasteiger partial charge in [0.1, 0.15) is 0 Å². The molecular formula is C4H13NO4P-. The van der Waals surface area contributed by atoms with Crippen molar-refractivity contribution < 1.29 is 19.2 Å². The number of nitrogens with one attached hydrogen (secondary N) is 1. The standard InChI is InChI=1S/C4H11N.H3O4P/c1-3-5-4-2;1-5(2,3)4/h5H,3-4H2,1-2H3;(H3,1,2,3,4)/p-1. The third kappa shape index (κ3) is 94.1. The molecule has 0 aliphatic carbocycles. The van der Waals surface area contributed by atoms with Gasteiger partial charge >= 0.3 is 0 Å². The number of rotatable bonds is 2. The largest absolute Gasteiger partial charge is 0.756 e. The predicted molar refractivity (Wildman–Crippen MR) is 36.3 cm³/mol. The number of phosphoric acid groups is 1.